The lowest BCUT2D eigenvalue weighted by atomic mass is 10.2. The summed E-state index contributed by atoms with van der Waals surface area (Å²) in [6.07, 6.45) is 2.30. The van der Waals surface area contributed by atoms with Crippen molar-refractivity contribution in [2.45, 2.75) is 19.4 Å². The number of hydrogen-bond acceptors (Lipinski definition) is 2. The Morgan fingerprint density at radius 1 is 1.40 bits per heavy atom. The third kappa shape index (κ3) is 4.43. The van der Waals surface area contributed by atoms with E-state index in [-0.39, 0.29) is 27.3 Å². The maximum absolute atomic E-state index is 11.7. The quantitative estimate of drug-likeness (QED) is 0.723. The van der Waals surface area contributed by atoms with E-state index in [9.17, 15) is 9.59 Å². The largest absolute Gasteiger partial charge is 0.478 e. The highest BCUT2D eigenvalue weighted by Gasteiger charge is 2.15. The average molecular weight is 317 g/mol. The van der Waals surface area contributed by atoms with Crippen LogP contribution in [0.3, 0.4) is 0 Å². The van der Waals surface area contributed by atoms with Gasteiger partial charge in [0.05, 0.1) is 21.3 Å². The summed E-state index contributed by atoms with van der Waals surface area (Å²) in [5, 5.41) is 14.1. The fourth-order valence-corrected chi connectivity index (χ4v) is 2.08. The van der Waals surface area contributed by atoms with Crippen LogP contribution in [-0.2, 0) is 0 Å². The van der Waals surface area contributed by atoms with Gasteiger partial charge in [0.2, 0.25) is 0 Å². The molecular formula is C13H14Cl2N2O3. The molecule has 0 aliphatic rings. The fraction of sp³-hybridized carbons (Fsp3) is 0.231. The van der Waals surface area contributed by atoms with Crippen LogP contribution < -0.4 is 10.6 Å². The van der Waals surface area contributed by atoms with Gasteiger partial charge in [-0.3, -0.25) is 0 Å². The number of halogens is 2. The zero-order chi connectivity index (χ0) is 15.3. The van der Waals surface area contributed by atoms with Gasteiger partial charge in [0, 0.05) is 6.04 Å². The fourth-order valence-electron chi connectivity index (χ4n) is 1.50. The Kier molecular flexibility index (Phi) is 5.85. The van der Waals surface area contributed by atoms with Crippen LogP contribution in [0, 0.1) is 0 Å². The van der Waals surface area contributed by atoms with Crippen molar-refractivity contribution in [1.82, 2.24) is 5.32 Å². The van der Waals surface area contributed by atoms with E-state index in [1.165, 1.54) is 12.1 Å². The molecule has 0 aliphatic carbocycles. The Labute approximate surface area is 126 Å². The topological polar surface area (TPSA) is 78.4 Å². The summed E-state index contributed by atoms with van der Waals surface area (Å²) in [7, 11) is 0. The molecule has 0 saturated heterocycles. The van der Waals surface area contributed by atoms with E-state index in [1.807, 2.05) is 6.92 Å². The molecule has 0 heterocycles. The number of carbonyl (C=O) groups excluding carboxylic acids is 1. The molecule has 1 atom stereocenters. The lowest BCUT2D eigenvalue weighted by molar-refractivity contribution is 0.0697. The van der Waals surface area contributed by atoms with Crippen molar-refractivity contribution in [3.8, 4) is 0 Å². The summed E-state index contributed by atoms with van der Waals surface area (Å²) in [4.78, 5) is 22.6. The van der Waals surface area contributed by atoms with Gasteiger partial charge in [0.15, 0.2) is 0 Å². The number of benzene rings is 1. The molecule has 1 unspecified atom stereocenters. The number of rotatable bonds is 5. The molecule has 0 saturated carbocycles. The first-order valence-electron chi connectivity index (χ1n) is 5.76. The minimum atomic E-state index is -1.15. The van der Waals surface area contributed by atoms with Crippen LogP contribution in [0.2, 0.25) is 10.0 Å². The number of carboxylic acids is 1. The minimum absolute atomic E-state index is 0.0500. The second kappa shape index (κ2) is 7.17. The number of anilines is 1. The predicted octanol–water partition coefficient (Wildman–Crippen LogP) is 3.78. The number of urea groups is 1. The van der Waals surface area contributed by atoms with E-state index in [0.29, 0.717) is 6.42 Å². The van der Waals surface area contributed by atoms with E-state index >= 15 is 0 Å². The van der Waals surface area contributed by atoms with Crippen LogP contribution in [0.25, 0.3) is 0 Å². The van der Waals surface area contributed by atoms with E-state index in [0.717, 1.165) is 0 Å². The molecule has 0 spiro atoms. The Hall–Kier alpha value is -1.72. The van der Waals surface area contributed by atoms with Gasteiger partial charge >= 0.3 is 12.0 Å². The number of hydrogen-bond donors (Lipinski definition) is 3. The summed E-state index contributed by atoms with van der Waals surface area (Å²) >= 11 is 11.8. The molecule has 7 heteroatoms. The van der Waals surface area contributed by atoms with Gasteiger partial charge in [0.1, 0.15) is 0 Å². The minimum Gasteiger partial charge on any atom is -0.478 e. The summed E-state index contributed by atoms with van der Waals surface area (Å²) in [5.41, 5.74) is 0.118. The molecule has 0 bridgehead atoms. The molecule has 5 nitrogen and oxygen atoms in total. The molecule has 0 aromatic heterocycles. The van der Waals surface area contributed by atoms with Gasteiger partial charge in [-0.25, -0.2) is 9.59 Å². The van der Waals surface area contributed by atoms with Crippen LogP contribution >= 0.6 is 23.2 Å². The summed E-state index contributed by atoms with van der Waals surface area (Å²) in [5.74, 6) is -1.15. The van der Waals surface area contributed by atoms with E-state index < -0.39 is 12.0 Å². The standard InChI is InChI=1S/C13H14Cl2N2O3/c1-3-4-7(2)16-13(20)17-11-9(14)5-8(12(18)19)6-10(11)15/h3,5-7H,1,4H2,2H3,(H,18,19)(H2,16,17,20). The van der Waals surface area contributed by atoms with Gasteiger partial charge in [0.25, 0.3) is 0 Å². The Morgan fingerprint density at radius 3 is 2.40 bits per heavy atom. The third-order valence-electron chi connectivity index (χ3n) is 2.43. The molecule has 0 radical (unpaired) electrons. The highest BCUT2D eigenvalue weighted by Crippen LogP contribution is 2.31. The molecule has 0 fully saturated rings. The molecule has 0 aliphatic heterocycles. The SMILES string of the molecule is C=CCC(C)NC(=O)Nc1c(Cl)cc(C(=O)O)cc1Cl. The van der Waals surface area contributed by atoms with Crippen molar-refractivity contribution in [2.24, 2.45) is 0 Å². The number of carboxylic acid groups (broad SMARTS) is 1. The average Bonchev–Trinajstić information content (AvgIpc) is 2.33. The van der Waals surface area contributed by atoms with Gasteiger partial charge < -0.3 is 15.7 Å². The lowest BCUT2D eigenvalue weighted by Gasteiger charge is -2.14. The number of amides is 2. The van der Waals surface area contributed by atoms with Crippen molar-refractivity contribution in [3.05, 3.63) is 40.4 Å². The van der Waals surface area contributed by atoms with Crippen LogP contribution in [0.5, 0.6) is 0 Å². The van der Waals surface area contributed by atoms with E-state index in [1.54, 1.807) is 6.08 Å². The monoisotopic (exact) mass is 316 g/mol. The lowest BCUT2D eigenvalue weighted by Crippen LogP contribution is -2.35. The summed E-state index contributed by atoms with van der Waals surface area (Å²) in [6.45, 7) is 5.39. The first kappa shape index (κ1) is 16.3. The molecule has 2 amide bonds. The maximum atomic E-state index is 11.7. The zero-order valence-corrected chi connectivity index (χ0v) is 12.3. The highest BCUT2D eigenvalue weighted by molar-refractivity contribution is 6.40. The molecule has 1 aromatic carbocycles. The smallest absolute Gasteiger partial charge is 0.335 e. The van der Waals surface area contributed by atoms with Crippen molar-refractivity contribution in [2.75, 3.05) is 5.32 Å². The maximum Gasteiger partial charge on any atom is 0.335 e. The molecule has 108 valence electrons. The van der Waals surface area contributed by atoms with Gasteiger partial charge in [-0.05, 0) is 25.5 Å². The van der Waals surface area contributed by atoms with Gasteiger partial charge in [-0.15, -0.1) is 6.58 Å². The summed E-state index contributed by atoms with van der Waals surface area (Å²) in [6, 6.07) is 1.87. The molecule has 3 N–H and O–H groups in total. The van der Waals surface area contributed by atoms with Crippen molar-refractivity contribution in [3.63, 3.8) is 0 Å². The first-order chi connectivity index (χ1) is 9.35. The molecular weight excluding hydrogens is 303 g/mol. The first-order valence-corrected chi connectivity index (χ1v) is 6.51. The third-order valence-corrected chi connectivity index (χ3v) is 3.02. The molecule has 1 rings (SSSR count). The van der Waals surface area contributed by atoms with Gasteiger partial charge in [-0.1, -0.05) is 29.3 Å². The zero-order valence-electron chi connectivity index (χ0n) is 10.7. The van der Waals surface area contributed by atoms with Crippen LogP contribution in [-0.4, -0.2) is 23.1 Å². The van der Waals surface area contributed by atoms with Gasteiger partial charge in [-0.2, -0.15) is 0 Å². The van der Waals surface area contributed by atoms with Crippen molar-refractivity contribution >= 4 is 40.9 Å². The van der Waals surface area contributed by atoms with Crippen molar-refractivity contribution < 1.29 is 14.7 Å². The normalized spacial score (nSPS) is 11.6. The van der Waals surface area contributed by atoms with E-state index in [4.69, 9.17) is 28.3 Å². The second-order valence-corrected chi connectivity index (χ2v) is 4.96. The van der Waals surface area contributed by atoms with Crippen LogP contribution in [0.1, 0.15) is 23.7 Å². The number of nitrogens with one attached hydrogen (secondary N) is 2. The van der Waals surface area contributed by atoms with E-state index in [2.05, 4.69) is 17.2 Å². The predicted molar refractivity (Wildman–Crippen MR) is 79.9 cm³/mol. The Bertz CT molecular complexity index is 523. The summed E-state index contributed by atoms with van der Waals surface area (Å²) < 4.78 is 0. The second-order valence-electron chi connectivity index (χ2n) is 4.14. The van der Waals surface area contributed by atoms with Crippen LogP contribution in [0.15, 0.2) is 24.8 Å². The molecule has 1 aromatic rings. The Morgan fingerprint density at radius 2 is 1.95 bits per heavy atom. The molecule has 20 heavy (non-hydrogen) atoms. The Balaban J connectivity index is 2.85. The number of aromatic carboxylic acids is 1. The van der Waals surface area contributed by atoms with Crippen LogP contribution in [0.4, 0.5) is 10.5 Å². The van der Waals surface area contributed by atoms with Crippen molar-refractivity contribution in [1.29, 1.82) is 0 Å². The highest BCUT2D eigenvalue weighted by atomic mass is 35.5. The number of carbonyl (C=O) groups is 2.